The van der Waals surface area contributed by atoms with E-state index in [0.717, 1.165) is 37.2 Å². The van der Waals surface area contributed by atoms with Crippen LogP contribution in [-0.4, -0.2) is 17.5 Å². The minimum absolute atomic E-state index is 0. The average molecular weight is 382 g/mol. The molecule has 22 heavy (non-hydrogen) atoms. The van der Waals surface area contributed by atoms with Gasteiger partial charge in [0.15, 0.2) is 5.17 Å². The van der Waals surface area contributed by atoms with E-state index in [2.05, 4.69) is 11.1 Å². The van der Waals surface area contributed by atoms with Crippen molar-refractivity contribution in [2.45, 2.75) is 25.9 Å². The molecule has 1 aliphatic heterocycles. The van der Waals surface area contributed by atoms with E-state index in [0.29, 0.717) is 17.3 Å². The number of unbranched alkanes of at least 4 members (excludes halogenated alkanes) is 1. The van der Waals surface area contributed by atoms with Crippen LogP contribution in [0.1, 0.15) is 30.4 Å². The van der Waals surface area contributed by atoms with Crippen LogP contribution in [0.5, 0.6) is 0 Å². The quantitative estimate of drug-likeness (QED) is 0.729. The highest BCUT2D eigenvalue weighted by molar-refractivity contribution is 8.93. The van der Waals surface area contributed by atoms with Gasteiger partial charge in [-0.05, 0) is 42.5 Å². The molecule has 1 aliphatic rings. The first kappa shape index (κ1) is 18.8. The third-order valence-electron chi connectivity index (χ3n) is 3.14. The summed E-state index contributed by atoms with van der Waals surface area (Å²) in [5, 5.41) is 9.48. The molecule has 0 unspecified atom stereocenters. The van der Waals surface area contributed by atoms with Gasteiger partial charge in [0.25, 0.3) is 0 Å². The molecule has 0 saturated heterocycles. The summed E-state index contributed by atoms with van der Waals surface area (Å²) in [7, 11) is 0. The molecule has 2 N–H and O–H groups in total. The van der Waals surface area contributed by atoms with Crippen molar-refractivity contribution in [3.63, 3.8) is 0 Å². The molecule has 0 saturated carbocycles. The summed E-state index contributed by atoms with van der Waals surface area (Å²) in [6.45, 7) is 1.30. The second-order valence-corrected chi connectivity index (χ2v) is 5.86. The average Bonchev–Trinajstić information content (AvgIpc) is 2.52. The van der Waals surface area contributed by atoms with Gasteiger partial charge in [-0.1, -0.05) is 23.9 Å². The first-order valence-corrected chi connectivity index (χ1v) is 7.97. The van der Waals surface area contributed by atoms with E-state index in [-0.39, 0.29) is 17.0 Å². The minimum atomic E-state index is 0. The number of hydrogen-bond donors (Lipinski definition) is 1. The number of thioether (sulfide) groups is 1. The zero-order chi connectivity index (χ0) is 14.9. The van der Waals surface area contributed by atoms with E-state index < -0.39 is 0 Å². The lowest BCUT2D eigenvalue weighted by atomic mass is 10.1. The van der Waals surface area contributed by atoms with Crippen LogP contribution >= 0.6 is 28.7 Å². The second-order valence-electron chi connectivity index (χ2n) is 4.87. The predicted molar refractivity (Wildman–Crippen MR) is 97.1 cm³/mol. The number of ether oxygens (including phenoxy) is 1. The maximum absolute atomic E-state index is 8.83. The number of aliphatic imine (C=N–C) groups is 1. The van der Waals surface area contributed by atoms with Gasteiger partial charge in [0.1, 0.15) is 0 Å². The topological polar surface area (TPSA) is 71.4 Å². The summed E-state index contributed by atoms with van der Waals surface area (Å²) in [5.41, 5.74) is 8.66. The van der Waals surface area contributed by atoms with Gasteiger partial charge in [-0.25, -0.2) is 4.99 Å². The molecule has 0 aromatic heterocycles. The van der Waals surface area contributed by atoms with Crippen molar-refractivity contribution in [2.75, 3.05) is 12.4 Å². The number of nitrogens with zero attached hydrogens (tertiary/aromatic N) is 2. The fourth-order valence-electron chi connectivity index (χ4n) is 2.01. The van der Waals surface area contributed by atoms with Crippen LogP contribution in [0.3, 0.4) is 0 Å². The summed E-state index contributed by atoms with van der Waals surface area (Å²) in [4.78, 5) is 4.12. The highest BCUT2D eigenvalue weighted by Crippen LogP contribution is 2.18. The molecule has 1 aromatic rings. The number of hydrogen-bond acceptors (Lipinski definition) is 5. The smallest absolute Gasteiger partial charge is 0.158 e. The third-order valence-corrected chi connectivity index (χ3v) is 4.06. The highest BCUT2D eigenvalue weighted by Gasteiger charge is 2.05. The highest BCUT2D eigenvalue weighted by atomic mass is 79.9. The molecule has 6 heteroatoms. The van der Waals surface area contributed by atoms with E-state index in [9.17, 15) is 0 Å². The zero-order valence-corrected chi connectivity index (χ0v) is 14.9. The van der Waals surface area contributed by atoms with Crippen LogP contribution in [0.25, 0.3) is 0 Å². The van der Waals surface area contributed by atoms with Gasteiger partial charge >= 0.3 is 0 Å². The molecule has 118 valence electrons. The van der Waals surface area contributed by atoms with Gasteiger partial charge in [-0.3, -0.25) is 0 Å². The zero-order valence-electron chi connectivity index (χ0n) is 12.3. The molecule has 0 spiro atoms. The molecule has 1 aromatic carbocycles. The fourth-order valence-corrected chi connectivity index (χ4v) is 2.69. The van der Waals surface area contributed by atoms with Crippen LogP contribution in [0.4, 0.5) is 0 Å². The standard InChI is InChI=1S/C16H19N3OS.BrH/c17-9-13-5-3-6-14(8-13)11-20-7-2-1-4-15-10-19-16(18)21-12-15;/h3,5-6,8,10H,1-2,4,7,11-12H2,(H2,18,19);1H. The van der Waals surface area contributed by atoms with Crippen molar-refractivity contribution in [1.82, 2.24) is 0 Å². The van der Waals surface area contributed by atoms with Crippen LogP contribution < -0.4 is 5.73 Å². The summed E-state index contributed by atoms with van der Waals surface area (Å²) >= 11 is 1.60. The number of halogens is 1. The number of amidine groups is 1. The molecule has 0 bridgehead atoms. The Bertz CT molecular complexity index is 581. The molecule has 0 aliphatic carbocycles. The number of nitrogens with two attached hydrogens (primary N) is 1. The minimum Gasteiger partial charge on any atom is -0.378 e. The third kappa shape index (κ3) is 6.65. The van der Waals surface area contributed by atoms with Crippen molar-refractivity contribution in [2.24, 2.45) is 10.7 Å². The number of rotatable bonds is 7. The van der Waals surface area contributed by atoms with E-state index in [1.165, 1.54) is 5.57 Å². The lowest BCUT2D eigenvalue weighted by molar-refractivity contribution is 0.117. The fraction of sp³-hybridized carbons (Fsp3) is 0.375. The molecule has 0 fully saturated rings. The molecule has 4 nitrogen and oxygen atoms in total. The number of nitriles is 1. The second kappa shape index (κ2) is 10.4. The maximum atomic E-state index is 8.83. The molecular formula is C16H20BrN3OS. The Balaban J connectivity index is 0.00000242. The van der Waals surface area contributed by atoms with Crippen LogP contribution in [0.2, 0.25) is 0 Å². The van der Waals surface area contributed by atoms with Crippen molar-refractivity contribution in [3.05, 3.63) is 47.2 Å². The Hall–Kier alpha value is -1.29. The Morgan fingerprint density at radius 1 is 1.36 bits per heavy atom. The molecule has 1 heterocycles. The largest absolute Gasteiger partial charge is 0.378 e. The molecule has 2 rings (SSSR count). The van der Waals surface area contributed by atoms with E-state index >= 15 is 0 Å². The summed E-state index contributed by atoms with van der Waals surface area (Å²) in [6, 6.07) is 9.67. The Kier molecular flexibility index (Phi) is 8.90. The van der Waals surface area contributed by atoms with Gasteiger partial charge in [-0.15, -0.1) is 17.0 Å². The first-order chi connectivity index (χ1) is 10.3. The van der Waals surface area contributed by atoms with Crippen LogP contribution in [-0.2, 0) is 11.3 Å². The van der Waals surface area contributed by atoms with Crippen molar-refractivity contribution in [1.29, 1.82) is 5.26 Å². The van der Waals surface area contributed by atoms with Gasteiger partial charge < -0.3 is 10.5 Å². The summed E-state index contributed by atoms with van der Waals surface area (Å²) < 4.78 is 5.64. The SMILES string of the molecule is Br.N#Cc1cccc(COCCCCC2=CN=C(N)SC2)c1. The van der Waals surface area contributed by atoms with Gasteiger partial charge in [0.2, 0.25) is 0 Å². The van der Waals surface area contributed by atoms with E-state index in [1.807, 2.05) is 24.4 Å². The van der Waals surface area contributed by atoms with Crippen molar-refractivity contribution >= 4 is 33.9 Å². The predicted octanol–water partition coefficient (Wildman–Crippen LogP) is 3.77. The Morgan fingerprint density at radius 3 is 2.95 bits per heavy atom. The lowest BCUT2D eigenvalue weighted by Gasteiger charge is -2.10. The maximum Gasteiger partial charge on any atom is 0.158 e. The molecule has 0 atom stereocenters. The van der Waals surface area contributed by atoms with Crippen LogP contribution in [0, 0.1) is 11.3 Å². The summed E-state index contributed by atoms with van der Waals surface area (Å²) in [5.74, 6) is 0.955. The Morgan fingerprint density at radius 2 is 2.23 bits per heavy atom. The van der Waals surface area contributed by atoms with Crippen molar-refractivity contribution in [3.8, 4) is 6.07 Å². The monoisotopic (exact) mass is 381 g/mol. The van der Waals surface area contributed by atoms with E-state index in [4.69, 9.17) is 15.7 Å². The molecule has 0 radical (unpaired) electrons. The molecule has 0 amide bonds. The van der Waals surface area contributed by atoms with Crippen molar-refractivity contribution < 1.29 is 4.74 Å². The molecular weight excluding hydrogens is 362 g/mol. The van der Waals surface area contributed by atoms with Crippen LogP contribution in [0.15, 0.2) is 41.0 Å². The summed E-state index contributed by atoms with van der Waals surface area (Å²) in [6.07, 6.45) is 5.07. The van der Waals surface area contributed by atoms with Gasteiger partial charge in [0.05, 0.1) is 18.2 Å². The first-order valence-electron chi connectivity index (χ1n) is 6.98. The number of benzene rings is 1. The Labute approximate surface area is 146 Å². The van der Waals surface area contributed by atoms with Gasteiger partial charge in [-0.2, -0.15) is 5.26 Å². The lowest BCUT2D eigenvalue weighted by Crippen LogP contribution is -2.10. The van der Waals surface area contributed by atoms with E-state index in [1.54, 1.807) is 17.8 Å². The normalized spacial score (nSPS) is 13.6. The van der Waals surface area contributed by atoms with Gasteiger partial charge in [0, 0.05) is 18.6 Å².